The monoisotopic (exact) mass is 440 g/mol. The van der Waals surface area contributed by atoms with Gasteiger partial charge in [-0.15, -0.1) is 5.10 Å². The number of tetrazole rings is 1. The summed E-state index contributed by atoms with van der Waals surface area (Å²) in [6.07, 6.45) is 6.61. The number of benzene rings is 2. The summed E-state index contributed by atoms with van der Waals surface area (Å²) in [4.78, 5) is 19.0. The van der Waals surface area contributed by atoms with Crippen molar-refractivity contribution in [2.75, 3.05) is 11.4 Å². The molecule has 2 aromatic heterocycles. The van der Waals surface area contributed by atoms with Crippen molar-refractivity contribution in [1.82, 2.24) is 25.2 Å². The lowest BCUT2D eigenvalue weighted by Crippen LogP contribution is -2.38. The molecule has 4 aromatic rings. The molecule has 0 spiro atoms. The maximum atomic E-state index is 13.5. The number of para-hydroxylation sites is 1. The Labute approximate surface area is 192 Å². The van der Waals surface area contributed by atoms with Gasteiger partial charge in [-0.1, -0.05) is 43.2 Å². The lowest BCUT2D eigenvalue weighted by atomic mass is 9.96. The number of pyridine rings is 1. The predicted octanol–water partition coefficient (Wildman–Crippen LogP) is 4.48. The molecule has 0 saturated heterocycles. The van der Waals surface area contributed by atoms with E-state index in [0.717, 1.165) is 60.2 Å². The Morgan fingerprint density at radius 1 is 1.06 bits per heavy atom. The molecular weight excluding hydrogens is 412 g/mol. The van der Waals surface area contributed by atoms with Gasteiger partial charge in [0, 0.05) is 23.3 Å². The zero-order valence-electron chi connectivity index (χ0n) is 18.9. The zero-order valence-corrected chi connectivity index (χ0v) is 18.9. The molecule has 1 saturated carbocycles. The van der Waals surface area contributed by atoms with Crippen molar-refractivity contribution in [3.63, 3.8) is 0 Å². The Hall–Kier alpha value is -3.48. The largest absolute Gasteiger partial charge is 0.357 e. The average Bonchev–Trinajstić information content (AvgIpc) is 3.52. The van der Waals surface area contributed by atoms with Gasteiger partial charge in [0.15, 0.2) is 5.82 Å². The van der Waals surface area contributed by atoms with Crippen LogP contribution >= 0.6 is 0 Å². The van der Waals surface area contributed by atoms with Gasteiger partial charge in [-0.3, -0.25) is 4.79 Å². The molecule has 1 aliphatic carbocycles. The van der Waals surface area contributed by atoms with E-state index in [4.69, 9.17) is 0 Å². The molecule has 7 heteroatoms. The standard InChI is InChI=1S/C26H28N6O/c1-17-12-13-19-16-21(26(33)27-22(19)15-17)24(25-28-29-30-32(25)20-9-3-4-10-20)31-14-6-8-18-7-2-5-11-23(18)31/h2,5,7,11-13,15-16,20,24H,3-4,6,8-10,14H2,1H3,(H,27,33). The molecular formula is C26H28N6O. The number of nitrogens with one attached hydrogen (secondary N) is 1. The third-order valence-corrected chi connectivity index (χ3v) is 7.22. The predicted molar refractivity (Wildman–Crippen MR) is 129 cm³/mol. The molecule has 1 N–H and O–H groups in total. The van der Waals surface area contributed by atoms with Crippen molar-refractivity contribution >= 4 is 16.6 Å². The van der Waals surface area contributed by atoms with E-state index in [1.165, 1.54) is 18.4 Å². The second-order valence-corrected chi connectivity index (χ2v) is 9.39. The minimum absolute atomic E-state index is 0.0814. The number of aryl methyl sites for hydroxylation is 2. The highest BCUT2D eigenvalue weighted by Crippen LogP contribution is 2.38. The number of fused-ring (bicyclic) bond motifs is 2. The summed E-state index contributed by atoms with van der Waals surface area (Å²) < 4.78 is 1.99. The minimum Gasteiger partial charge on any atom is -0.357 e. The normalized spacial score (nSPS) is 17.4. The van der Waals surface area contributed by atoms with Gasteiger partial charge in [-0.25, -0.2) is 4.68 Å². The Bertz CT molecular complexity index is 1370. The molecule has 0 bridgehead atoms. The van der Waals surface area contributed by atoms with Crippen LogP contribution in [0.25, 0.3) is 10.9 Å². The maximum Gasteiger partial charge on any atom is 0.254 e. The van der Waals surface area contributed by atoms with Gasteiger partial charge in [0.05, 0.1) is 6.04 Å². The molecule has 168 valence electrons. The van der Waals surface area contributed by atoms with Crippen LogP contribution in [0.3, 0.4) is 0 Å². The SMILES string of the molecule is Cc1ccc2cc(C(c3nnnn3C3CCCC3)N3CCCc4ccccc43)c(=O)[nH]c2c1. The van der Waals surface area contributed by atoms with E-state index in [1.807, 2.05) is 23.7 Å². The van der Waals surface area contributed by atoms with Gasteiger partial charge in [0.2, 0.25) is 0 Å². The fourth-order valence-corrected chi connectivity index (χ4v) is 5.60. The molecule has 1 unspecified atom stereocenters. The van der Waals surface area contributed by atoms with Crippen LogP contribution in [-0.4, -0.2) is 31.7 Å². The van der Waals surface area contributed by atoms with Crippen LogP contribution in [0.15, 0.2) is 53.3 Å². The Balaban J connectivity index is 1.57. The first kappa shape index (κ1) is 20.1. The highest BCUT2D eigenvalue weighted by Gasteiger charge is 2.35. The highest BCUT2D eigenvalue weighted by atomic mass is 16.1. The summed E-state index contributed by atoms with van der Waals surface area (Å²) in [5, 5.41) is 14.1. The maximum absolute atomic E-state index is 13.5. The summed E-state index contributed by atoms with van der Waals surface area (Å²) in [6, 6.07) is 16.7. The second kappa shape index (κ2) is 8.14. The topological polar surface area (TPSA) is 79.7 Å². The average molecular weight is 441 g/mol. The van der Waals surface area contributed by atoms with E-state index in [2.05, 4.69) is 61.8 Å². The van der Waals surface area contributed by atoms with E-state index in [1.54, 1.807) is 0 Å². The fraction of sp³-hybridized carbons (Fsp3) is 0.385. The molecule has 1 atom stereocenters. The van der Waals surface area contributed by atoms with E-state index >= 15 is 0 Å². The molecule has 2 aromatic carbocycles. The first-order valence-electron chi connectivity index (χ1n) is 11.9. The lowest BCUT2D eigenvalue weighted by molar-refractivity contribution is 0.425. The number of rotatable bonds is 4. The Morgan fingerprint density at radius 3 is 2.79 bits per heavy atom. The summed E-state index contributed by atoms with van der Waals surface area (Å²) in [7, 11) is 0. The molecule has 6 rings (SSSR count). The van der Waals surface area contributed by atoms with Gasteiger partial charge < -0.3 is 9.88 Å². The van der Waals surface area contributed by atoms with Crippen molar-refractivity contribution < 1.29 is 0 Å². The van der Waals surface area contributed by atoms with Crippen molar-refractivity contribution in [3.8, 4) is 0 Å². The summed E-state index contributed by atoms with van der Waals surface area (Å²) >= 11 is 0. The first-order valence-corrected chi connectivity index (χ1v) is 11.9. The number of H-pyrrole nitrogens is 1. The number of hydrogen-bond acceptors (Lipinski definition) is 5. The van der Waals surface area contributed by atoms with Crippen LogP contribution in [0.1, 0.15) is 66.7 Å². The first-order chi connectivity index (χ1) is 16.2. The van der Waals surface area contributed by atoms with Crippen LogP contribution in [0.2, 0.25) is 0 Å². The van der Waals surface area contributed by atoms with Gasteiger partial charge in [-0.05, 0) is 77.7 Å². The van der Waals surface area contributed by atoms with Crippen molar-refractivity contribution in [3.05, 3.63) is 81.4 Å². The number of aromatic nitrogens is 5. The molecule has 1 aliphatic heterocycles. The molecule has 3 heterocycles. The number of aromatic amines is 1. The third kappa shape index (κ3) is 3.52. The zero-order chi connectivity index (χ0) is 22.4. The van der Waals surface area contributed by atoms with Crippen LogP contribution in [-0.2, 0) is 6.42 Å². The molecule has 0 amide bonds. The number of hydrogen-bond donors (Lipinski definition) is 1. The number of anilines is 1. The van der Waals surface area contributed by atoms with Crippen molar-refractivity contribution in [2.45, 2.75) is 57.5 Å². The van der Waals surface area contributed by atoms with Crippen molar-refractivity contribution in [1.29, 1.82) is 0 Å². The number of nitrogens with zero attached hydrogens (tertiary/aromatic N) is 5. The van der Waals surface area contributed by atoms with Crippen LogP contribution < -0.4 is 10.5 Å². The lowest BCUT2D eigenvalue weighted by Gasteiger charge is -2.37. The molecule has 33 heavy (non-hydrogen) atoms. The van der Waals surface area contributed by atoms with E-state index < -0.39 is 0 Å². The molecule has 0 radical (unpaired) electrons. The smallest absolute Gasteiger partial charge is 0.254 e. The molecule has 2 aliphatic rings. The third-order valence-electron chi connectivity index (χ3n) is 7.22. The summed E-state index contributed by atoms with van der Waals surface area (Å²) in [5.74, 6) is 0.760. The van der Waals surface area contributed by atoms with Gasteiger partial charge in [0.25, 0.3) is 5.56 Å². The fourth-order valence-electron chi connectivity index (χ4n) is 5.60. The molecule has 7 nitrogen and oxygen atoms in total. The van der Waals surface area contributed by atoms with Gasteiger partial charge in [0.1, 0.15) is 6.04 Å². The molecule has 1 fully saturated rings. The minimum atomic E-state index is -0.350. The van der Waals surface area contributed by atoms with Crippen LogP contribution in [0.4, 0.5) is 5.69 Å². The van der Waals surface area contributed by atoms with E-state index in [0.29, 0.717) is 11.6 Å². The quantitative estimate of drug-likeness (QED) is 0.506. The Morgan fingerprint density at radius 2 is 1.91 bits per heavy atom. The van der Waals surface area contributed by atoms with Crippen molar-refractivity contribution in [2.24, 2.45) is 0 Å². The highest BCUT2D eigenvalue weighted by molar-refractivity contribution is 5.80. The summed E-state index contributed by atoms with van der Waals surface area (Å²) in [5.41, 5.74) is 5.06. The van der Waals surface area contributed by atoms with Crippen LogP contribution in [0, 0.1) is 6.92 Å². The summed E-state index contributed by atoms with van der Waals surface area (Å²) in [6.45, 7) is 2.89. The van der Waals surface area contributed by atoms with Crippen LogP contribution in [0.5, 0.6) is 0 Å². The Kier molecular flexibility index (Phi) is 4.97. The van der Waals surface area contributed by atoms with Gasteiger partial charge in [-0.2, -0.15) is 0 Å². The second-order valence-electron chi connectivity index (χ2n) is 9.39. The van der Waals surface area contributed by atoms with E-state index in [9.17, 15) is 4.79 Å². The van der Waals surface area contributed by atoms with Gasteiger partial charge >= 0.3 is 0 Å². The van der Waals surface area contributed by atoms with E-state index in [-0.39, 0.29) is 11.6 Å².